The van der Waals surface area contributed by atoms with E-state index in [-0.39, 0.29) is 23.4 Å². The molecule has 8 heteroatoms. The lowest BCUT2D eigenvalue weighted by Gasteiger charge is -2.11. The third kappa shape index (κ3) is 3.90. The van der Waals surface area contributed by atoms with Crippen LogP contribution in [0.5, 0.6) is 5.88 Å². The van der Waals surface area contributed by atoms with Crippen LogP contribution in [0.25, 0.3) is 0 Å². The quantitative estimate of drug-likeness (QED) is 0.586. The molecule has 0 atom stereocenters. The lowest BCUT2D eigenvalue weighted by atomic mass is 10.1. The average molecular weight is 379 g/mol. The Labute approximate surface area is 159 Å². The Morgan fingerprint density at radius 3 is 2.32 bits per heavy atom. The van der Waals surface area contributed by atoms with E-state index in [0.29, 0.717) is 5.69 Å². The minimum absolute atomic E-state index is 0.0792. The molecule has 0 amide bonds. The number of H-pyrrole nitrogens is 1. The fourth-order valence-corrected chi connectivity index (χ4v) is 2.73. The molecule has 0 aliphatic heterocycles. The van der Waals surface area contributed by atoms with Crippen LogP contribution < -0.4 is 11.2 Å². The second-order valence-corrected chi connectivity index (χ2v) is 6.08. The molecule has 28 heavy (non-hydrogen) atoms. The molecule has 142 valence electrons. The number of aromatic amines is 1. The summed E-state index contributed by atoms with van der Waals surface area (Å²) in [4.78, 5) is 41.8. The van der Waals surface area contributed by atoms with Crippen molar-refractivity contribution in [2.45, 2.75) is 13.5 Å². The van der Waals surface area contributed by atoms with Crippen LogP contribution in [0.3, 0.4) is 0 Å². The van der Waals surface area contributed by atoms with Gasteiger partial charge in [-0.05, 0) is 36.8 Å². The van der Waals surface area contributed by atoms with Crippen LogP contribution >= 0.6 is 0 Å². The van der Waals surface area contributed by atoms with Gasteiger partial charge in [-0.15, -0.1) is 0 Å². The molecule has 0 saturated carbocycles. The van der Waals surface area contributed by atoms with E-state index in [9.17, 15) is 19.5 Å². The van der Waals surface area contributed by atoms with Crippen molar-refractivity contribution in [1.82, 2.24) is 9.55 Å². The van der Waals surface area contributed by atoms with E-state index >= 15 is 0 Å². The van der Waals surface area contributed by atoms with Gasteiger partial charge in [-0.1, -0.05) is 30.3 Å². The van der Waals surface area contributed by atoms with Crippen molar-refractivity contribution < 1.29 is 15.0 Å². The highest BCUT2D eigenvalue weighted by atomic mass is 16.4. The molecule has 3 aromatic rings. The molecule has 0 spiro atoms. The van der Waals surface area contributed by atoms with Crippen LogP contribution in [-0.2, 0) is 6.54 Å². The number of carbonyl (C=O) groups is 1. The SMILES string of the molecule is CC(=Nc1ccc(C(=O)O)cc1)c1c(O)n(Cc2ccccc2)c(=O)[nH]c1=O. The number of aliphatic imine (C=N–C) groups is 1. The maximum Gasteiger partial charge on any atom is 0.335 e. The molecule has 3 N–H and O–H groups in total. The van der Waals surface area contributed by atoms with Crippen molar-refractivity contribution in [3.05, 3.63) is 92.1 Å². The fourth-order valence-electron chi connectivity index (χ4n) is 2.73. The minimum atomic E-state index is -1.06. The molecule has 0 saturated heterocycles. The summed E-state index contributed by atoms with van der Waals surface area (Å²) in [5.74, 6) is -1.55. The fraction of sp³-hybridized carbons (Fsp3) is 0.100. The molecule has 1 aromatic heterocycles. The summed E-state index contributed by atoms with van der Waals surface area (Å²) in [5, 5.41) is 19.5. The summed E-state index contributed by atoms with van der Waals surface area (Å²) in [5.41, 5.74) is -0.141. The van der Waals surface area contributed by atoms with E-state index in [1.165, 1.54) is 31.2 Å². The molecule has 3 rings (SSSR count). The standard InChI is InChI=1S/C20H17N3O5/c1-12(21-15-9-7-14(8-10-15)19(26)27)16-17(24)22-20(28)23(18(16)25)11-13-5-3-2-4-6-13/h2-10,25H,11H2,1H3,(H,26,27)(H,22,24,28). The molecule has 2 aromatic carbocycles. The first kappa shape index (κ1) is 18.8. The molecule has 0 aliphatic rings. The summed E-state index contributed by atoms with van der Waals surface area (Å²) in [6.07, 6.45) is 0. The number of hydrogen-bond donors (Lipinski definition) is 3. The van der Waals surface area contributed by atoms with Crippen LogP contribution in [-0.4, -0.2) is 31.4 Å². The zero-order valence-electron chi connectivity index (χ0n) is 14.9. The van der Waals surface area contributed by atoms with Gasteiger partial charge in [0.1, 0.15) is 5.56 Å². The Bertz CT molecular complexity index is 1160. The van der Waals surface area contributed by atoms with Gasteiger partial charge in [-0.25, -0.2) is 9.59 Å². The molecule has 0 fully saturated rings. The monoisotopic (exact) mass is 379 g/mol. The smallest absolute Gasteiger partial charge is 0.335 e. The number of rotatable bonds is 5. The van der Waals surface area contributed by atoms with Crippen molar-refractivity contribution in [2.75, 3.05) is 0 Å². The first-order valence-corrected chi connectivity index (χ1v) is 8.36. The normalized spacial score (nSPS) is 11.4. The van der Waals surface area contributed by atoms with E-state index in [4.69, 9.17) is 5.11 Å². The van der Waals surface area contributed by atoms with Crippen molar-refractivity contribution in [3.63, 3.8) is 0 Å². The summed E-state index contributed by atoms with van der Waals surface area (Å²) >= 11 is 0. The maximum absolute atomic E-state index is 12.3. The van der Waals surface area contributed by atoms with Crippen LogP contribution in [0.15, 0.2) is 69.2 Å². The Morgan fingerprint density at radius 1 is 1.07 bits per heavy atom. The second-order valence-electron chi connectivity index (χ2n) is 6.08. The highest BCUT2D eigenvalue weighted by molar-refractivity contribution is 6.01. The van der Waals surface area contributed by atoms with Gasteiger partial charge in [-0.2, -0.15) is 0 Å². The van der Waals surface area contributed by atoms with E-state index < -0.39 is 23.1 Å². The van der Waals surface area contributed by atoms with Crippen LogP contribution in [0, 0.1) is 0 Å². The lowest BCUT2D eigenvalue weighted by molar-refractivity contribution is 0.0697. The van der Waals surface area contributed by atoms with Crippen molar-refractivity contribution >= 4 is 17.4 Å². The van der Waals surface area contributed by atoms with Gasteiger partial charge in [-0.3, -0.25) is 19.3 Å². The van der Waals surface area contributed by atoms with Crippen molar-refractivity contribution in [2.24, 2.45) is 4.99 Å². The van der Waals surface area contributed by atoms with Crippen molar-refractivity contribution in [1.29, 1.82) is 0 Å². The van der Waals surface area contributed by atoms with Gasteiger partial charge in [0.05, 0.1) is 23.5 Å². The third-order valence-electron chi connectivity index (χ3n) is 4.13. The number of nitrogens with one attached hydrogen (secondary N) is 1. The number of nitrogens with zero attached hydrogens (tertiary/aromatic N) is 2. The lowest BCUT2D eigenvalue weighted by Crippen LogP contribution is -2.33. The Kier molecular flexibility index (Phi) is 5.21. The summed E-state index contributed by atoms with van der Waals surface area (Å²) in [7, 11) is 0. The Morgan fingerprint density at radius 2 is 1.71 bits per heavy atom. The number of hydrogen-bond acceptors (Lipinski definition) is 5. The minimum Gasteiger partial charge on any atom is -0.494 e. The van der Waals surface area contributed by atoms with E-state index in [0.717, 1.165) is 10.1 Å². The first-order valence-electron chi connectivity index (χ1n) is 8.36. The van der Waals surface area contributed by atoms with Gasteiger partial charge in [0.2, 0.25) is 5.88 Å². The zero-order chi connectivity index (χ0) is 20.3. The van der Waals surface area contributed by atoms with Crippen LogP contribution in [0.4, 0.5) is 5.69 Å². The summed E-state index contributed by atoms with van der Waals surface area (Å²) in [6.45, 7) is 1.60. The number of carboxylic acid groups (broad SMARTS) is 1. The highest BCUT2D eigenvalue weighted by Gasteiger charge is 2.17. The zero-order valence-corrected chi connectivity index (χ0v) is 14.9. The molecule has 0 unspecified atom stereocenters. The molecule has 0 aliphatic carbocycles. The number of aromatic nitrogens is 2. The molecule has 0 bridgehead atoms. The van der Waals surface area contributed by atoms with Gasteiger partial charge < -0.3 is 10.2 Å². The van der Waals surface area contributed by atoms with E-state index in [1.54, 1.807) is 24.3 Å². The molecular formula is C20H17N3O5. The van der Waals surface area contributed by atoms with E-state index in [2.05, 4.69) is 9.98 Å². The number of carboxylic acids is 1. The Balaban J connectivity index is 2.03. The predicted octanol–water partition coefficient (Wildman–Crippen LogP) is 2.13. The van der Waals surface area contributed by atoms with Crippen molar-refractivity contribution in [3.8, 4) is 5.88 Å². The molecule has 1 heterocycles. The largest absolute Gasteiger partial charge is 0.494 e. The number of aromatic hydroxyl groups is 1. The van der Waals surface area contributed by atoms with Gasteiger partial charge in [0.25, 0.3) is 5.56 Å². The predicted molar refractivity (Wildman–Crippen MR) is 104 cm³/mol. The maximum atomic E-state index is 12.3. The van der Waals surface area contributed by atoms with E-state index in [1.807, 2.05) is 6.07 Å². The van der Waals surface area contributed by atoms with Gasteiger partial charge in [0.15, 0.2) is 0 Å². The third-order valence-corrected chi connectivity index (χ3v) is 4.13. The topological polar surface area (TPSA) is 125 Å². The van der Waals surface area contributed by atoms with Gasteiger partial charge in [0, 0.05) is 0 Å². The molecule has 8 nitrogen and oxygen atoms in total. The molecule has 0 radical (unpaired) electrons. The summed E-state index contributed by atoms with van der Waals surface area (Å²) in [6, 6.07) is 14.8. The number of aromatic carboxylic acids is 1. The average Bonchev–Trinajstić information content (AvgIpc) is 2.66. The Hall–Kier alpha value is -3.94. The van der Waals surface area contributed by atoms with Crippen LogP contribution in [0.1, 0.15) is 28.4 Å². The van der Waals surface area contributed by atoms with Crippen LogP contribution in [0.2, 0.25) is 0 Å². The highest BCUT2D eigenvalue weighted by Crippen LogP contribution is 2.18. The second kappa shape index (κ2) is 7.75. The van der Waals surface area contributed by atoms with Gasteiger partial charge >= 0.3 is 11.7 Å². The first-order chi connectivity index (χ1) is 13.4. The molecular weight excluding hydrogens is 362 g/mol. The number of benzene rings is 2. The summed E-state index contributed by atoms with van der Waals surface area (Å²) < 4.78 is 1.05.